The molecule has 0 saturated carbocycles. The number of furan rings is 1. The predicted octanol–water partition coefficient (Wildman–Crippen LogP) is 9.05. The lowest BCUT2D eigenvalue weighted by atomic mass is 9.68. The fraction of sp³-hybridized carbons (Fsp3) is 0.343. The van der Waals surface area contributed by atoms with Crippen molar-refractivity contribution in [2.24, 2.45) is 18.8 Å². The summed E-state index contributed by atoms with van der Waals surface area (Å²) in [5.41, 5.74) is -3.76. The van der Waals surface area contributed by atoms with Crippen LogP contribution in [0.15, 0.2) is 71.3 Å². The van der Waals surface area contributed by atoms with E-state index in [4.69, 9.17) is 25.0 Å². The van der Waals surface area contributed by atoms with Gasteiger partial charge >= 0.3 is 0 Å². The highest BCUT2D eigenvalue weighted by atomic mass is 16.3. The average molecular weight is 510 g/mol. The fourth-order valence-electron chi connectivity index (χ4n) is 5.57. The van der Waals surface area contributed by atoms with Crippen molar-refractivity contribution in [1.82, 2.24) is 0 Å². The number of benzene rings is 3. The molecule has 0 atom stereocenters. The molecule has 2 heterocycles. The van der Waals surface area contributed by atoms with Gasteiger partial charge in [0.05, 0.1) is 5.56 Å². The summed E-state index contributed by atoms with van der Waals surface area (Å²) in [4.78, 5) is 0. The molecule has 0 N–H and O–H groups in total. The van der Waals surface area contributed by atoms with E-state index in [0.29, 0.717) is 27.6 Å². The van der Waals surface area contributed by atoms with E-state index in [2.05, 4.69) is 0 Å². The van der Waals surface area contributed by atoms with Crippen LogP contribution < -0.4 is 4.57 Å². The van der Waals surface area contributed by atoms with Gasteiger partial charge in [0, 0.05) is 62.7 Å². The number of nitrogens with zero attached hydrogens (tertiary/aromatic N) is 1. The molecule has 2 heteroatoms. The van der Waals surface area contributed by atoms with Crippen LogP contribution in [-0.2, 0) is 12.5 Å². The Bertz CT molecular complexity index is 2380. The van der Waals surface area contributed by atoms with Gasteiger partial charge in [-0.05, 0) is 66.1 Å². The number of hydrogen-bond donors (Lipinski definition) is 0. The van der Waals surface area contributed by atoms with Gasteiger partial charge in [0.15, 0.2) is 6.20 Å². The van der Waals surface area contributed by atoms with Gasteiger partial charge in [-0.1, -0.05) is 75.9 Å². The van der Waals surface area contributed by atoms with Crippen molar-refractivity contribution in [2.75, 3.05) is 0 Å². The molecule has 0 aliphatic heterocycles. The van der Waals surface area contributed by atoms with Crippen molar-refractivity contribution in [3.8, 4) is 22.4 Å². The van der Waals surface area contributed by atoms with Gasteiger partial charge in [0.2, 0.25) is 5.69 Å². The van der Waals surface area contributed by atoms with Gasteiger partial charge in [-0.3, -0.25) is 0 Å². The van der Waals surface area contributed by atoms with Gasteiger partial charge in [-0.15, -0.1) is 0 Å². The van der Waals surface area contributed by atoms with Crippen molar-refractivity contribution in [2.45, 2.75) is 59.3 Å². The zero-order chi connectivity index (χ0) is 44.0. The van der Waals surface area contributed by atoms with Gasteiger partial charge in [0.1, 0.15) is 18.2 Å². The molecule has 0 spiro atoms. The number of fused-ring (bicyclic) bond motifs is 7. The lowest BCUT2D eigenvalue weighted by Gasteiger charge is -2.35. The molecule has 2 nitrogen and oxygen atoms in total. The molecule has 5 aromatic rings. The topological polar surface area (TPSA) is 17.0 Å². The quantitative estimate of drug-likeness (QED) is 0.216. The third-order valence-electron chi connectivity index (χ3n) is 7.05. The van der Waals surface area contributed by atoms with Crippen LogP contribution in [0.3, 0.4) is 0 Å². The molecule has 188 valence electrons. The molecule has 0 bridgehead atoms. The Balaban J connectivity index is 1.89. The summed E-state index contributed by atoms with van der Waals surface area (Å²) in [5.74, 6) is -8.62. The maximum atomic E-state index is 9.72. The minimum Gasteiger partial charge on any atom is -0.454 e. The second kappa shape index (κ2) is 8.58. The molecule has 3 aromatic carbocycles. The number of pyridine rings is 1. The van der Waals surface area contributed by atoms with Gasteiger partial charge < -0.3 is 4.42 Å². The van der Waals surface area contributed by atoms with E-state index >= 15 is 0 Å². The second-order valence-electron chi connectivity index (χ2n) is 9.31. The summed E-state index contributed by atoms with van der Waals surface area (Å²) in [6.45, 7) is -17.2. The Morgan fingerprint density at radius 3 is 2.32 bits per heavy atom. The Kier molecular flexibility index (Phi) is 2.33. The molecular formula is C35H38NO+. The Morgan fingerprint density at radius 2 is 1.59 bits per heavy atom. The largest absolute Gasteiger partial charge is 0.454 e. The second-order valence-corrected chi connectivity index (χ2v) is 9.31. The summed E-state index contributed by atoms with van der Waals surface area (Å²) in [6.07, 6.45) is -7.04. The zero-order valence-corrected chi connectivity index (χ0v) is 20.2. The molecule has 0 amide bonds. The van der Waals surface area contributed by atoms with E-state index in [0.717, 1.165) is 12.1 Å². The summed E-state index contributed by atoms with van der Waals surface area (Å²) in [7, 11) is 1.68. The Labute approximate surface area is 250 Å². The molecular weight excluding hydrogens is 450 g/mol. The summed E-state index contributed by atoms with van der Waals surface area (Å²) >= 11 is 0. The van der Waals surface area contributed by atoms with Crippen LogP contribution in [0.2, 0.25) is 0 Å². The van der Waals surface area contributed by atoms with E-state index in [1.165, 1.54) is 36.4 Å². The van der Waals surface area contributed by atoms with Crippen LogP contribution in [0.4, 0.5) is 0 Å². The van der Waals surface area contributed by atoms with Crippen LogP contribution in [0.25, 0.3) is 44.3 Å². The smallest absolute Gasteiger partial charge is 0.216 e. The number of rotatable bonds is 5. The maximum absolute atomic E-state index is 9.72. The molecule has 1 aliphatic rings. The summed E-state index contributed by atoms with van der Waals surface area (Å²) in [5, 5.41) is 0.710. The van der Waals surface area contributed by atoms with E-state index in [9.17, 15) is 8.22 Å². The first kappa shape index (κ1) is 10.1. The minimum atomic E-state index is -4.31. The van der Waals surface area contributed by atoms with Gasteiger partial charge in [0.25, 0.3) is 0 Å². The van der Waals surface area contributed by atoms with E-state index in [1.807, 2.05) is 0 Å². The van der Waals surface area contributed by atoms with Crippen molar-refractivity contribution in [3.63, 3.8) is 0 Å². The van der Waals surface area contributed by atoms with Gasteiger partial charge in [-0.2, -0.15) is 0 Å². The highest BCUT2D eigenvalue weighted by Crippen LogP contribution is 2.57. The van der Waals surface area contributed by atoms with E-state index < -0.39 is 75.3 Å². The van der Waals surface area contributed by atoms with Crippen LogP contribution in [-0.4, -0.2) is 0 Å². The lowest BCUT2D eigenvalue weighted by molar-refractivity contribution is -0.660. The standard InChI is InChI=1S/C35H38NO/c1-21(2)19-35(20-22(3)4)28-11-9-8-10-27(28)32-29(35)15-14-26-25-13-12-24(6)31(33(25)37-34(26)32)30-18-23(5)16-17-36(30)7/h8-18,21-22H,19-20H2,1-7H3/q+1/i1D3,2D3,3D3,4D3,5D3,19D2,20D2,21D,22D. The first-order chi connectivity index (χ1) is 26.1. The number of aryl methyl sites for hydroxylation is 3. The van der Waals surface area contributed by atoms with Crippen LogP contribution in [0.5, 0.6) is 0 Å². The molecule has 2 aromatic heterocycles. The Morgan fingerprint density at radius 1 is 0.892 bits per heavy atom. The number of hydrogen-bond acceptors (Lipinski definition) is 1. The monoisotopic (exact) mass is 509 g/mol. The van der Waals surface area contributed by atoms with Crippen molar-refractivity contribution in [3.05, 3.63) is 89.1 Å². The van der Waals surface area contributed by atoms with Crippen molar-refractivity contribution < 1.29 is 37.8 Å². The average Bonchev–Trinajstić information content (AvgIpc) is 3.59. The van der Waals surface area contributed by atoms with E-state index in [1.54, 1.807) is 36.9 Å². The number of aromatic nitrogens is 1. The van der Waals surface area contributed by atoms with Gasteiger partial charge in [-0.25, -0.2) is 4.57 Å². The molecule has 0 saturated heterocycles. The Hall–Kier alpha value is -3.39. The maximum Gasteiger partial charge on any atom is 0.216 e. The molecule has 0 radical (unpaired) electrons. The molecule has 1 aliphatic carbocycles. The third-order valence-corrected chi connectivity index (χ3v) is 7.05. The van der Waals surface area contributed by atoms with Crippen LogP contribution >= 0.6 is 0 Å². The molecule has 0 unspecified atom stereocenters. The minimum absolute atomic E-state index is 0.0157. The first-order valence-corrected chi connectivity index (χ1v) is 11.7. The van der Waals surface area contributed by atoms with Crippen LogP contribution in [0, 0.1) is 25.6 Å². The SMILES string of the molecule is [2H]C([2H])([2H])c1cc[n+](C)c(-c2c(C)ccc3c2oc2c4c(ccc23)C(C([2H])([2H])C([2H])(C([2H])([2H])[2H])C([2H])([2H])[2H])(C([2H])([2H])C([2H])(C([2H])([2H])[2H])C([2H])([2H])[2H])c2ccccc2-4)c1. The zero-order valence-electron chi connectivity index (χ0n) is 41.2. The lowest BCUT2D eigenvalue weighted by Crippen LogP contribution is -2.30. The molecule has 6 rings (SSSR count). The van der Waals surface area contributed by atoms with Crippen molar-refractivity contribution >= 4 is 21.9 Å². The normalized spacial score (nSPS) is 25.6. The fourth-order valence-corrected chi connectivity index (χ4v) is 5.57. The molecule has 0 fully saturated rings. The van der Waals surface area contributed by atoms with Crippen molar-refractivity contribution in [1.29, 1.82) is 0 Å². The summed E-state index contributed by atoms with van der Waals surface area (Å²) in [6, 6.07) is 13.8. The van der Waals surface area contributed by atoms with Crippen LogP contribution in [0.1, 0.15) is 91.2 Å². The predicted molar refractivity (Wildman–Crippen MR) is 155 cm³/mol. The first-order valence-electron chi connectivity index (χ1n) is 22.2. The summed E-state index contributed by atoms with van der Waals surface area (Å²) < 4.78 is 189. The third kappa shape index (κ3) is 3.56. The highest BCUT2D eigenvalue weighted by molar-refractivity contribution is 6.14. The van der Waals surface area contributed by atoms with E-state index in [-0.39, 0.29) is 27.9 Å². The highest BCUT2D eigenvalue weighted by Gasteiger charge is 2.45. The molecule has 37 heavy (non-hydrogen) atoms.